The van der Waals surface area contributed by atoms with Crippen molar-refractivity contribution in [2.75, 3.05) is 6.67 Å². The molecule has 2 nitrogen and oxygen atoms in total. The largest absolute Gasteiger partial charge is 0.300 e. The van der Waals surface area contributed by atoms with Crippen molar-refractivity contribution < 1.29 is 0 Å². The van der Waals surface area contributed by atoms with Gasteiger partial charge in [0.15, 0.2) is 0 Å². The lowest BCUT2D eigenvalue weighted by atomic mass is 10.6. The summed E-state index contributed by atoms with van der Waals surface area (Å²) in [7, 11) is 0. The van der Waals surface area contributed by atoms with E-state index in [0.717, 1.165) is 6.67 Å². The fourth-order valence-corrected chi connectivity index (χ4v) is 2.28. The van der Waals surface area contributed by atoms with E-state index >= 15 is 0 Å². The van der Waals surface area contributed by atoms with Gasteiger partial charge in [-0.3, -0.25) is 3.11 Å². The molecule has 4 heteroatoms. The van der Waals surface area contributed by atoms with Crippen molar-refractivity contribution in [1.29, 1.82) is 0 Å². The molecule has 0 aliphatic carbocycles. The van der Waals surface area contributed by atoms with E-state index in [1.807, 2.05) is 0 Å². The van der Waals surface area contributed by atoms with Crippen LogP contribution in [-0.4, -0.2) is 12.9 Å². The molecule has 1 rings (SSSR count). The predicted octanol–water partition coefficient (Wildman–Crippen LogP) is 2.12. The van der Waals surface area contributed by atoms with E-state index in [-0.39, 0.29) is 0 Å². The first-order chi connectivity index (χ1) is 3.70. The summed E-state index contributed by atoms with van der Waals surface area (Å²) in [5, 5.41) is 0. The van der Waals surface area contributed by atoms with Gasteiger partial charge in [-0.25, -0.2) is 0 Å². The highest BCUT2D eigenvalue weighted by Crippen LogP contribution is 2.21. The Morgan fingerprint density at radius 2 is 2.25 bits per heavy atom. The lowest BCUT2D eigenvalue weighted by Crippen LogP contribution is -2.09. The van der Waals surface area contributed by atoms with Crippen LogP contribution in [0.1, 0.15) is 6.92 Å². The maximum atomic E-state index is 2.29. The van der Waals surface area contributed by atoms with E-state index in [4.69, 9.17) is 0 Å². The second kappa shape index (κ2) is 2.59. The van der Waals surface area contributed by atoms with E-state index in [1.165, 1.54) is 5.70 Å². The standard InChI is InChI=1S/C4H6I2N2/c1-4-2-7(5)3-8(4)6/h2H,3H2,1H3. The molecule has 0 bridgehead atoms. The van der Waals surface area contributed by atoms with Gasteiger partial charge in [0.05, 0.1) is 45.7 Å². The number of halogens is 2. The van der Waals surface area contributed by atoms with E-state index in [0.29, 0.717) is 0 Å². The molecule has 1 aliphatic heterocycles. The van der Waals surface area contributed by atoms with Gasteiger partial charge < -0.3 is 3.11 Å². The van der Waals surface area contributed by atoms with E-state index in [9.17, 15) is 0 Å². The highest BCUT2D eigenvalue weighted by molar-refractivity contribution is 14.1. The van der Waals surface area contributed by atoms with Crippen LogP contribution in [0.5, 0.6) is 0 Å². The molecular weight excluding hydrogens is 330 g/mol. The van der Waals surface area contributed by atoms with Gasteiger partial charge in [0.25, 0.3) is 0 Å². The Labute approximate surface area is 76.9 Å². The third-order valence-corrected chi connectivity index (χ3v) is 2.62. The predicted molar refractivity (Wildman–Crippen MR) is 50.3 cm³/mol. The molecule has 8 heavy (non-hydrogen) atoms. The normalized spacial score (nSPS) is 19.6. The van der Waals surface area contributed by atoms with Crippen LogP contribution in [0.2, 0.25) is 0 Å². The maximum Gasteiger partial charge on any atom is 0.108 e. The van der Waals surface area contributed by atoms with Crippen LogP contribution in [0.4, 0.5) is 0 Å². The van der Waals surface area contributed by atoms with Crippen LogP contribution in [0.15, 0.2) is 11.9 Å². The van der Waals surface area contributed by atoms with Crippen LogP contribution in [-0.2, 0) is 0 Å². The van der Waals surface area contributed by atoms with Gasteiger partial charge in [0.2, 0.25) is 0 Å². The van der Waals surface area contributed by atoms with Crippen molar-refractivity contribution in [3.63, 3.8) is 0 Å². The highest BCUT2D eigenvalue weighted by Gasteiger charge is 2.11. The average molecular weight is 336 g/mol. The van der Waals surface area contributed by atoms with Crippen molar-refractivity contribution in [3.8, 4) is 0 Å². The average Bonchev–Trinajstić information content (AvgIpc) is 1.85. The Morgan fingerprint density at radius 3 is 2.38 bits per heavy atom. The summed E-state index contributed by atoms with van der Waals surface area (Å²) in [6.07, 6.45) is 2.12. The lowest BCUT2D eigenvalue weighted by Gasteiger charge is -2.08. The number of allylic oxidation sites excluding steroid dienone is 1. The lowest BCUT2D eigenvalue weighted by molar-refractivity contribution is 0.557. The molecule has 1 aliphatic rings. The Bertz CT molecular complexity index is 123. The molecule has 0 N–H and O–H groups in total. The summed E-state index contributed by atoms with van der Waals surface area (Å²) in [5.74, 6) is 0. The van der Waals surface area contributed by atoms with E-state index < -0.39 is 0 Å². The molecule has 0 fully saturated rings. The first-order valence-corrected chi connectivity index (χ1v) is 4.17. The van der Waals surface area contributed by atoms with Gasteiger partial charge in [0.1, 0.15) is 6.67 Å². The van der Waals surface area contributed by atoms with E-state index in [1.54, 1.807) is 0 Å². The van der Waals surface area contributed by atoms with Crippen LogP contribution < -0.4 is 0 Å². The second-order valence-corrected chi connectivity index (χ2v) is 4.08. The topological polar surface area (TPSA) is 6.48 Å². The Morgan fingerprint density at radius 1 is 1.62 bits per heavy atom. The second-order valence-electron chi connectivity index (χ2n) is 1.67. The smallest absolute Gasteiger partial charge is 0.108 e. The summed E-state index contributed by atoms with van der Waals surface area (Å²) in [4.78, 5) is 0. The van der Waals surface area contributed by atoms with Crippen LogP contribution in [0, 0.1) is 0 Å². The Balaban J connectivity index is 2.59. The third-order valence-electron chi connectivity index (χ3n) is 0.969. The zero-order valence-corrected chi connectivity index (χ0v) is 8.75. The van der Waals surface area contributed by atoms with Crippen molar-refractivity contribution in [2.45, 2.75) is 6.92 Å². The third kappa shape index (κ3) is 1.40. The quantitative estimate of drug-likeness (QED) is 0.494. The molecule has 0 aromatic rings. The minimum atomic E-state index is 1.01. The van der Waals surface area contributed by atoms with Gasteiger partial charge in [-0.15, -0.1) is 0 Å². The molecule has 46 valence electrons. The maximum absolute atomic E-state index is 2.29. The number of nitrogens with zero attached hydrogens (tertiary/aromatic N) is 2. The summed E-state index contributed by atoms with van der Waals surface area (Å²) in [6.45, 7) is 3.11. The van der Waals surface area contributed by atoms with Gasteiger partial charge in [-0.1, -0.05) is 0 Å². The molecule has 0 spiro atoms. The zero-order chi connectivity index (χ0) is 6.15. The van der Waals surface area contributed by atoms with Crippen molar-refractivity contribution >= 4 is 45.7 Å². The molecule has 0 unspecified atom stereocenters. The molecule has 0 radical (unpaired) electrons. The molecule has 1 heterocycles. The first-order valence-electron chi connectivity index (χ1n) is 2.24. The van der Waals surface area contributed by atoms with E-state index in [2.05, 4.69) is 65.1 Å². The minimum Gasteiger partial charge on any atom is -0.300 e. The minimum absolute atomic E-state index is 1.01. The van der Waals surface area contributed by atoms with Gasteiger partial charge in [-0.2, -0.15) is 0 Å². The Hall–Kier alpha value is 0.800. The van der Waals surface area contributed by atoms with Gasteiger partial charge >= 0.3 is 0 Å². The fourth-order valence-electron chi connectivity index (χ4n) is 0.536. The van der Waals surface area contributed by atoms with Gasteiger partial charge in [0, 0.05) is 11.9 Å². The summed E-state index contributed by atoms with van der Waals surface area (Å²) >= 11 is 4.56. The number of hydrogen-bond donors (Lipinski definition) is 0. The molecule has 0 atom stereocenters. The number of rotatable bonds is 0. The van der Waals surface area contributed by atoms with Gasteiger partial charge in [-0.05, 0) is 6.92 Å². The summed E-state index contributed by atoms with van der Waals surface area (Å²) in [5.41, 5.74) is 1.32. The summed E-state index contributed by atoms with van der Waals surface area (Å²) in [6, 6.07) is 0. The van der Waals surface area contributed by atoms with Crippen molar-refractivity contribution in [1.82, 2.24) is 6.23 Å². The SMILES string of the molecule is CC1=CN(I)CN1I. The number of hydrogen-bond acceptors (Lipinski definition) is 2. The molecular formula is C4H6I2N2. The molecule has 0 saturated heterocycles. The van der Waals surface area contributed by atoms with Crippen molar-refractivity contribution in [3.05, 3.63) is 11.9 Å². The Kier molecular flexibility index (Phi) is 2.24. The molecule has 0 saturated carbocycles. The first kappa shape index (κ1) is 6.91. The highest BCUT2D eigenvalue weighted by atomic mass is 127. The van der Waals surface area contributed by atoms with Crippen LogP contribution in [0.25, 0.3) is 0 Å². The van der Waals surface area contributed by atoms with Crippen LogP contribution in [0.3, 0.4) is 0 Å². The molecule has 0 amide bonds. The van der Waals surface area contributed by atoms with Crippen molar-refractivity contribution in [2.24, 2.45) is 0 Å². The van der Waals surface area contributed by atoms with Crippen LogP contribution >= 0.6 is 45.7 Å². The molecule has 0 aromatic carbocycles. The molecule has 0 aromatic heterocycles. The fraction of sp³-hybridized carbons (Fsp3) is 0.500. The monoisotopic (exact) mass is 336 g/mol. The summed E-state index contributed by atoms with van der Waals surface area (Å²) < 4.78 is 4.30. The zero-order valence-electron chi connectivity index (χ0n) is 4.43.